The van der Waals surface area contributed by atoms with Crippen LogP contribution in [0, 0.1) is 6.08 Å². The van der Waals surface area contributed by atoms with Gasteiger partial charge in [0, 0.05) is 42.3 Å². The molecule has 2 aromatic heterocycles. The molecule has 7 aromatic rings. The third-order valence-electron chi connectivity index (χ3n) is 8.77. The van der Waals surface area contributed by atoms with Crippen molar-refractivity contribution in [2.24, 2.45) is 20.0 Å². The third-order valence-corrected chi connectivity index (χ3v) is 8.77. The first-order chi connectivity index (χ1) is 22.6. The molecular formula is C39H25N7Zn-4. The summed E-state index contributed by atoms with van der Waals surface area (Å²) in [7, 11) is 0. The molecule has 0 amide bonds. The van der Waals surface area contributed by atoms with Gasteiger partial charge in [0.15, 0.2) is 0 Å². The second-order valence-corrected chi connectivity index (χ2v) is 11.6. The van der Waals surface area contributed by atoms with Gasteiger partial charge in [-0.25, -0.2) is 0 Å². The van der Waals surface area contributed by atoms with E-state index in [9.17, 15) is 0 Å². The van der Waals surface area contributed by atoms with Crippen molar-refractivity contribution in [3.05, 3.63) is 154 Å². The number of aromatic nitrogens is 2. The van der Waals surface area contributed by atoms with Crippen molar-refractivity contribution in [2.75, 3.05) is 0 Å². The van der Waals surface area contributed by atoms with Crippen LogP contribution >= 0.6 is 0 Å². The zero-order chi connectivity index (χ0) is 30.8. The van der Waals surface area contributed by atoms with Crippen LogP contribution in [-0.4, -0.2) is 11.5 Å². The fourth-order valence-electron chi connectivity index (χ4n) is 6.51. The summed E-state index contributed by atoms with van der Waals surface area (Å²) in [5, 5.41) is 5.84. The summed E-state index contributed by atoms with van der Waals surface area (Å²) in [5.41, 5.74) is 15.4. The molecule has 7 nitrogen and oxygen atoms in total. The van der Waals surface area contributed by atoms with Gasteiger partial charge in [0.05, 0.1) is 0 Å². The zero-order valence-electron chi connectivity index (χ0n) is 25.6. The number of rotatable bonds is 0. The summed E-state index contributed by atoms with van der Waals surface area (Å²) < 4.78 is 0. The summed E-state index contributed by atoms with van der Waals surface area (Å²) in [6.45, 7) is 2.03. The second-order valence-electron chi connectivity index (χ2n) is 11.6. The van der Waals surface area contributed by atoms with E-state index in [1.165, 1.54) is 0 Å². The fourth-order valence-corrected chi connectivity index (χ4v) is 6.51. The van der Waals surface area contributed by atoms with Crippen LogP contribution in [0.4, 0.5) is 11.6 Å². The minimum Gasteiger partial charge on any atom is -0.482 e. The second kappa shape index (κ2) is 11.4. The summed E-state index contributed by atoms with van der Waals surface area (Å²) in [4.78, 5) is 30.1. The molecule has 0 saturated carbocycles. The zero-order valence-corrected chi connectivity index (χ0v) is 28.5. The molecule has 1 atom stereocenters. The van der Waals surface area contributed by atoms with Crippen LogP contribution in [0.15, 0.2) is 129 Å². The van der Waals surface area contributed by atoms with E-state index in [-0.39, 0.29) is 31.4 Å². The molecule has 1 N–H and O–H groups in total. The number of benzene rings is 5. The molecule has 1 unspecified atom stereocenters. The number of amidine groups is 1. The van der Waals surface area contributed by atoms with Crippen LogP contribution in [-0.2, 0) is 19.5 Å². The van der Waals surface area contributed by atoms with Gasteiger partial charge in [0.1, 0.15) is 0 Å². The molecule has 222 valence electrons. The summed E-state index contributed by atoms with van der Waals surface area (Å²) in [6, 6.07) is 36.2. The molecule has 8 heteroatoms. The molecule has 5 aromatic carbocycles. The quantitative estimate of drug-likeness (QED) is 0.123. The Balaban J connectivity index is 0.00000324. The average Bonchev–Trinajstić information content (AvgIpc) is 3.60. The molecule has 0 spiro atoms. The van der Waals surface area contributed by atoms with Crippen LogP contribution in [0.3, 0.4) is 0 Å². The molecule has 0 fully saturated rings. The van der Waals surface area contributed by atoms with Gasteiger partial charge in [-0.05, 0) is 61.4 Å². The Labute approximate surface area is 283 Å². The minimum absolute atomic E-state index is 0. The Kier molecular flexibility index (Phi) is 7.03. The summed E-state index contributed by atoms with van der Waals surface area (Å²) in [5.74, 6) is 1.17. The predicted molar refractivity (Wildman–Crippen MR) is 184 cm³/mol. The molecule has 47 heavy (non-hydrogen) atoms. The Bertz CT molecular complexity index is 2600. The minimum atomic E-state index is -0.309. The number of nitrogens with zero attached hydrogens (tertiary/aromatic N) is 6. The van der Waals surface area contributed by atoms with Crippen molar-refractivity contribution in [1.29, 1.82) is 0 Å². The maximum absolute atomic E-state index is 9.12. The van der Waals surface area contributed by atoms with Crippen LogP contribution < -0.4 is 20.9 Å². The van der Waals surface area contributed by atoms with Gasteiger partial charge < -0.3 is 35.7 Å². The molecule has 1 aliphatic heterocycles. The maximum Gasteiger partial charge on any atom is 0.0171 e. The molecule has 9 rings (SSSR count). The molecule has 0 radical (unpaired) electrons. The number of aliphatic imine (C=N–C) groups is 2. The van der Waals surface area contributed by atoms with E-state index >= 15 is 0 Å². The van der Waals surface area contributed by atoms with E-state index in [4.69, 9.17) is 35.7 Å². The standard InChI is InChI=1S/C39H25N7.Zn/c1-22-25-12-4-7-15-28(25)35(40)44-37-30-17-9-8-16-29(30)36(45-37)42-33-18-19-34(27-14-6-5-13-26(27)33)43-39-32-21-24-11-3-2-10-23(24)20-31(32)38(41-22)46-39;/h2-17,20-22H,18H2,1H3,(H-2,40,41,43,44,46);/q-4;. The Morgan fingerprint density at radius 1 is 0.638 bits per heavy atom. The van der Waals surface area contributed by atoms with Gasteiger partial charge in [-0.2, -0.15) is 11.3 Å². The molecule has 1 aliphatic carbocycles. The van der Waals surface area contributed by atoms with Gasteiger partial charge in [-0.3, -0.25) is 6.08 Å². The molecule has 6 bridgehead atoms. The molecule has 0 saturated heterocycles. The van der Waals surface area contributed by atoms with Gasteiger partial charge in [0.25, 0.3) is 0 Å². The number of hydrogen-bond acceptors (Lipinski definition) is 4. The third kappa shape index (κ3) is 4.84. The van der Waals surface area contributed by atoms with Crippen LogP contribution in [0.1, 0.15) is 41.6 Å². The number of hydrogen-bond donors (Lipinski definition) is 0. The Hall–Kier alpha value is -5.46. The van der Waals surface area contributed by atoms with Gasteiger partial charge in [-0.1, -0.05) is 121 Å². The van der Waals surface area contributed by atoms with E-state index in [0.717, 1.165) is 60.4 Å². The predicted octanol–water partition coefficient (Wildman–Crippen LogP) is 7.87. The van der Waals surface area contributed by atoms with E-state index < -0.39 is 0 Å². The van der Waals surface area contributed by atoms with Crippen molar-refractivity contribution in [3.63, 3.8) is 0 Å². The first-order valence-electron chi connectivity index (χ1n) is 15.3. The maximum atomic E-state index is 9.12. The van der Waals surface area contributed by atoms with Crippen molar-refractivity contribution in [1.82, 2.24) is 9.97 Å². The van der Waals surface area contributed by atoms with Crippen LogP contribution in [0.2, 0.25) is 0 Å². The van der Waals surface area contributed by atoms with Gasteiger partial charge >= 0.3 is 0 Å². The van der Waals surface area contributed by atoms with Crippen LogP contribution in [0.5, 0.6) is 0 Å². The Morgan fingerprint density at radius 3 is 1.98 bits per heavy atom. The molecule has 3 heterocycles. The largest absolute Gasteiger partial charge is 0.482 e. The van der Waals surface area contributed by atoms with E-state index in [1.807, 2.05) is 79.7 Å². The first-order valence-corrected chi connectivity index (χ1v) is 15.3. The van der Waals surface area contributed by atoms with Crippen molar-refractivity contribution >= 4 is 61.2 Å². The van der Waals surface area contributed by atoms with Crippen molar-refractivity contribution in [3.8, 4) is 0 Å². The molecule has 2 aliphatic rings. The van der Waals surface area contributed by atoms with E-state index in [1.54, 1.807) is 0 Å². The summed E-state index contributed by atoms with van der Waals surface area (Å²) in [6.07, 6.45) is 3.98. The topological polar surface area (TPSA) is 101 Å². The normalized spacial score (nSPS) is 15.7. The Morgan fingerprint density at radius 2 is 1.23 bits per heavy atom. The number of allylic oxidation sites excluding steroid dienone is 1. The smallest absolute Gasteiger partial charge is 0.0171 e. The average molecular weight is 657 g/mol. The van der Waals surface area contributed by atoms with Crippen molar-refractivity contribution in [2.45, 2.75) is 19.4 Å². The first kappa shape index (κ1) is 29.0. The van der Waals surface area contributed by atoms with E-state index in [2.05, 4.69) is 42.5 Å². The summed E-state index contributed by atoms with van der Waals surface area (Å²) >= 11 is 0. The molecular weight excluding hydrogens is 632 g/mol. The SMILES string of the molecule is CC1N=c2[n-]c(c3cc4ccccc4cc23)=NC2=[C-]CC(=Nc3[n-]c(c4ccccc34)N=C([NH-])c3ccccc31)c1ccccc12.[Zn]. The van der Waals surface area contributed by atoms with Crippen molar-refractivity contribution < 1.29 is 19.5 Å². The number of fused-ring (bicyclic) bond motifs is 17. The van der Waals surface area contributed by atoms with E-state index in [0.29, 0.717) is 34.6 Å². The van der Waals surface area contributed by atoms with Gasteiger partial charge in [-0.15, -0.1) is 6.07 Å². The van der Waals surface area contributed by atoms with Crippen LogP contribution in [0.25, 0.3) is 43.7 Å². The monoisotopic (exact) mass is 655 g/mol. The fraction of sp³-hybridized carbons (Fsp3) is 0.0769. The number of nitrogens with one attached hydrogen (secondary N) is 1. The van der Waals surface area contributed by atoms with Gasteiger partial charge in [0.2, 0.25) is 0 Å².